The van der Waals surface area contributed by atoms with Crippen LogP contribution in [0, 0.1) is 20.8 Å². The SMILES string of the molecule is CCNC(C)(COc1c(C)cc(C)cc1C)C(=O)OC. The molecule has 1 N–H and O–H groups in total. The molecule has 4 heteroatoms. The quantitative estimate of drug-likeness (QED) is 0.813. The van der Waals surface area contributed by atoms with Gasteiger partial charge in [-0.1, -0.05) is 24.6 Å². The van der Waals surface area contributed by atoms with Gasteiger partial charge in [-0.25, -0.2) is 4.79 Å². The number of ether oxygens (including phenoxy) is 2. The third-order valence-electron chi connectivity index (χ3n) is 3.31. The second-order valence-electron chi connectivity index (χ2n) is 5.37. The zero-order valence-corrected chi connectivity index (χ0v) is 13.3. The van der Waals surface area contributed by atoms with Crippen LogP contribution in [-0.2, 0) is 9.53 Å². The lowest BCUT2D eigenvalue weighted by Crippen LogP contribution is -2.54. The van der Waals surface area contributed by atoms with Gasteiger partial charge in [-0.05, 0) is 45.4 Å². The minimum absolute atomic E-state index is 0.234. The van der Waals surface area contributed by atoms with E-state index in [0.717, 1.165) is 16.9 Å². The first-order valence-electron chi connectivity index (χ1n) is 6.88. The molecular formula is C16H25NO3. The van der Waals surface area contributed by atoms with Crippen molar-refractivity contribution < 1.29 is 14.3 Å². The molecule has 1 unspecified atom stereocenters. The first kappa shape index (κ1) is 16.5. The molecule has 0 saturated carbocycles. The molecule has 1 aromatic rings. The van der Waals surface area contributed by atoms with Gasteiger partial charge in [-0.2, -0.15) is 0 Å². The number of aryl methyl sites for hydroxylation is 3. The Morgan fingerprint density at radius 2 is 1.80 bits per heavy atom. The normalized spacial score (nSPS) is 13.7. The molecule has 0 aromatic heterocycles. The molecule has 1 rings (SSSR count). The number of hydrogen-bond donors (Lipinski definition) is 1. The molecular weight excluding hydrogens is 254 g/mol. The topological polar surface area (TPSA) is 47.6 Å². The number of likely N-dealkylation sites (N-methyl/N-ethyl adjacent to an activating group) is 1. The highest BCUT2D eigenvalue weighted by Crippen LogP contribution is 2.25. The fraction of sp³-hybridized carbons (Fsp3) is 0.562. The van der Waals surface area contributed by atoms with Crippen LogP contribution >= 0.6 is 0 Å². The van der Waals surface area contributed by atoms with Crippen molar-refractivity contribution in [1.29, 1.82) is 0 Å². The largest absolute Gasteiger partial charge is 0.490 e. The molecule has 0 radical (unpaired) electrons. The summed E-state index contributed by atoms with van der Waals surface area (Å²) in [6.07, 6.45) is 0. The second-order valence-corrected chi connectivity index (χ2v) is 5.37. The zero-order valence-electron chi connectivity index (χ0n) is 13.3. The molecule has 4 nitrogen and oxygen atoms in total. The molecule has 20 heavy (non-hydrogen) atoms. The van der Waals surface area contributed by atoms with Crippen molar-refractivity contribution in [3.05, 3.63) is 28.8 Å². The molecule has 0 amide bonds. The van der Waals surface area contributed by atoms with Crippen molar-refractivity contribution in [3.63, 3.8) is 0 Å². The Morgan fingerprint density at radius 3 is 2.25 bits per heavy atom. The maximum absolute atomic E-state index is 11.9. The number of esters is 1. The highest BCUT2D eigenvalue weighted by Gasteiger charge is 2.34. The molecule has 0 bridgehead atoms. The molecule has 0 aliphatic heterocycles. The lowest BCUT2D eigenvalue weighted by atomic mass is 10.0. The maximum Gasteiger partial charge on any atom is 0.329 e. The van der Waals surface area contributed by atoms with Crippen LogP contribution in [0.1, 0.15) is 30.5 Å². The molecule has 0 aliphatic rings. The lowest BCUT2D eigenvalue weighted by Gasteiger charge is -2.28. The van der Waals surface area contributed by atoms with E-state index in [-0.39, 0.29) is 12.6 Å². The highest BCUT2D eigenvalue weighted by atomic mass is 16.5. The van der Waals surface area contributed by atoms with E-state index in [9.17, 15) is 4.79 Å². The van der Waals surface area contributed by atoms with E-state index < -0.39 is 5.54 Å². The number of rotatable bonds is 6. The van der Waals surface area contributed by atoms with Crippen LogP contribution in [-0.4, -0.2) is 31.8 Å². The van der Waals surface area contributed by atoms with Crippen LogP contribution in [0.15, 0.2) is 12.1 Å². The summed E-state index contributed by atoms with van der Waals surface area (Å²) in [6.45, 7) is 10.7. The van der Waals surface area contributed by atoms with E-state index in [0.29, 0.717) is 6.54 Å². The summed E-state index contributed by atoms with van der Waals surface area (Å²) < 4.78 is 10.8. The molecule has 112 valence electrons. The number of carbonyl (C=O) groups is 1. The van der Waals surface area contributed by atoms with E-state index in [1.807, 2.05) is 20.8 Å². The predicted molar refractivity (Wildman–Crippen MR) is 80.2 cm³/mol. The van der Waals surface area contributed by atoms with Gasteiger partial charge < -0.3 is 9.47 Å². The molecule has 0 saturated heterocycles. The molecule has 1 aromatic carbocycles. The first-order chi connectivity index (χ1) is 9.34. The van der Waals surface area contributed by atoms with Crippen LogP contribution in [0.2, 0.25) is 0 Å². The van der Waals surface area contributed by atoms with Crippen molar-refractivity contribution in [2.75, 3.05) is 20.3 Å². The van der Waals surface area contributed by atoms with E-state index in [1.54, 1.807) is 6.92 Å². The summed E-state index contributed by atoms with van der Waals surface area (Å²) in [5.41, 5.74) is 2.51. The monoisotopic (exact) mass is 279 g/mol. The summed E-state index contributed by atoms with van der Waals surface area (Å²) in [5.74, 6) is 0.519. The van der Waals surface area contributed by atoms with Crippen molar-refractivity contribution in [3.8, 4) is 5.75 Å². The van der Waals surface area contributed by atoms with Crippen molar-refractivity contribution in [1.82, 2.24) is 5.32 Å². The molecule has 0 aliphatic carbocycles. The summed E-state index contributed by atoms with van der Waals surface area (Å²) in [4.78, 5) is 11.9. The summed E-state index contributed by atoms with van der Waals surface area (Å²) in [6, 6.07) is 4.15. The number of hydrogen-bond acceptors (Lipinski definition) is 4. The van der Waals surface area contributed by atoms with Crippen molar-refractivity contribution >= 4 is 5.97 Å². The van der Waals surface area contributed by atoms with Crippen LogP contribution in [0.4, 0.5) is 0 Å². The van der Waals surface area contributed by atoms with Gasteiger partial charge in [0.05, 0.1) is 7.11 Å². The summed E-state index contributed by atoms with van der Waals surface area (Å²) in [7, 11) is 1.39. The molecule has 0 spiro atoms. The number of benzene rings is 1. The third-order valence-corrected chi connectivity index (χ3v) is 3.31. The Bertz CT molecular complexity index is 462. The van der Waals surface area contributed by atoms with Gasteiger partial charge >= 0.3 is 5.97 Å². The van der Waals surface area contributed by atoms with Crippen molar-refractivity contribution in [2.45, 2.75) is 40.2 Å². The molecule has 0 fully saturated rings. The average Bonchev–Trinajstić information content (AvgIpc) is 2.36. The Hall–Kier alpha value is -1.55. The average molecular weight is 279 g/mol. The van der Waals surface area contributed by atoms with E-state index in [4.69, 9.17) is 9.47 Å². The number of methoxy groups -OCH3 is 1. The minimum Gasteiger partial charge on any atom is -0.490 e. The maximum atomic E-state index is 11.9. The van der Waals surface area contributed by atoms with Gasteiger partial charge in [0.2, 0.25) is 0 Å². The van der Waals surface area contributed by atoms with Gasteiger partial charge in [-0.15, -0.1) is 0 Å². The predicted octanol–water partition coefficient (Wildman–Crippen LogP) is 2.53. The standard InChI is InChI=1S/C16H25NO3/c1-7-17-16(5,15(18)19-6)10-20-14-12(3)8-11(2)9-13(14)4/h8-9,17H,7,10H2,1-6H3. The van der Waals surface area contributed by atoms with Crippen LogP contribution in [0.5, 0.6) is 5.75 Å². The first-order valence-corrected chi connectivity index (χ1v) is 6.88. The summed E-state index contributed by atoms with van der Waals surface area (Å²) >= 11 is 0. The lowest BCUT2D eigenvalue weighted by molar-refractivity contribution is -0.149. The summed E-state index contributed by atoms with van der Waals surface area (Å²) in [5, 5.41) is 3.13. The van der Waals surface area contributed by atoms with Crippen LogP contribution < -0.4 is 10.1 Å². The Balaban J connectivity index is 2.91. The third kappa shape index (κ3) is 3.73. The van der Waals surface area contributed by atoms with Gasteiger partial charge in [0, 0.05) is 0 Å². The van der Waals surface area contributed by atoms with E-state index in [2.05, 4.69) is 24.4 Å². The second kappa shape index (κ2) is 6.75. The number of nitrogens with one attached hydrogen (secondary N) is 1. The fourth-order valence-corrected chi connectivity index (χ4v) is 2.41. The highest BCUT2D eigenvalue weighted by molar-refractivity contribution is 5.80. The Morgan fingerprint density at radius 1 is 1.25 bits per heavy atom. The van der Waals surface area contributed by atoms with Gasteiger partial charge in [0.1, 0.15) is 17.9 Å². The van der Waals surface area contributed by atoms with Gasteiger partial charge in [-0.3, -0.25) is 5.32 Å². The molecule has 0 heterocycles. The van der Waals surface area contributed by atoms with Crippen LogP contribution in [0.25, 0.3) is 0 Å². The van der Waals surface area contributed by atoms with E-state index in [1.165, 1.54) is 12.7 Å². The van der Waals surface area contributed by atoms with Crippen LogP contribution in [0.3, 0.4) is 0 Å². The fourth-order valence-electron chi connectivity index (χ4n) is 2.41. The van der Waals surface area contributed by atoms with Crippen molar-refractivity contribution in [2.24, 2.45) is 0 Å². The van der Waals surface area contributed by atoms with E-state index >= 15 is 0 Å². The smallest absolute Gasteiger partial charge is 0.329 e. The number of carbonyl (C=O) groups excluding carboxylic acids is 1. The van der Waals surface area contributed by atoms with Gasteiger partial charge in [0.15, 0.2) is 0 Å². The Kier molecular flexibility index (Phi) is 5.57. The minimum atomic E-state index is -0.840. The molecule has 1 atom stereocenters. The zero-order chi connectivity index (χ0) is 15.3. The Labute approximate surface area is 121 Å². The van der Waals surface area contributed by atoms with Gasteiger partial charge in [0.25, 0.3) is 0 Å².